The second kappa shape index (κ2) is 5.12. The van der Waals surface area contributed by atoms with Crippen LogP contribution in [0, 0.1) is 11.3 Å². The molecule has 0 N–H and O–H groups in total. The van der Waals surface area contributed by atoms with Crippen molar-refractivity contribution in [3.05, 3.63) is 23.5 Å². The summed E-state index contributed by atoms with van der Waals surface area (Å²) in [4.78, 5) is 11.3. The number of ether oxygens (including phenoxy) is 1. The highest BCUT2D eigenvalue weighted by Crippen LogP contribution is 2.13. The van der Waals surface area contributed by atoms with Gasteiger partial charge in [-0.05, 0) is 26.0 Å². The minimum absolute atomic E-state index is 0.368. The molecule has 0 aliphatic carbocycles. The topological polar surface area (TPSA) is 67.9 Å². The van der Waals surface area contributed by atoms with Gasteiger partial charge in [0.1, 0.15) is 6.04 Å². The summed E-state index contributed by atoms with van der Waals surface area (Å²) in [6.45, 7) is 3.39. The summed E-state index contributed by atoms with van der Waals surface area (Å²) in [6, 6.07) is 3.25. The molecule has 0 bridgehead atoms. The van der Waals surface area contributed by atoms with E-state index in [2.05, 4.69) is 9.84 Å². The van der Waals surface area contributed by atoms with Gasteiger partial charge in [-0.15, -0.1) is 0 Å². The first-order chi connectivity index (χ1) is 7.60. The third kappa shape index (κ3) is 2.48. The van der Waals surface area contributed by atoms with E-state index in [0.29, 0.717) is 11.3 Å². The predicted octanol–water partition coefficient (Wildman–Crippen LogP) is 1.54. The molecule has 1 rings (SSSR count). The van der Waals surface area contributed by atoms with Crippen LogP contribution in [-0.4, -0.2) is 22.9 Å². The number of carbonyl (C=O) groups is 1. The van der Waals surface area contributed by atoms with Crippen molar-refractivity contribution in [2.24, 2.45) is 0 Å². The Morgan fingerprint density at radius 1 is 1.75 bits per heavy atom. The highest BCUT2D eigenvalue weighted by molar-refractivity contribution is 5.74. The van der Waals surface area contributed by atoms with Gasteiger partial charge >= 0.3 is 5.97 Å². The van der Waals surface area contributed by atoms with Crippen LogP contribution in [0.25, 0.3) is 6.08 Å². The molecule has 0 saturated heterocycles. The predicted molar refractivity (Wildman–Crippen MR) is 58.2 cm³/mol. The first-order valence-corrected chi connectivity index (χ1v) is 4.80. The fourth-order valence-corrected chi connectivity index (χ4v) is 1.29. The molecule has 0 radical (unpaired) electrons. The minimum atomic E-state index is -0.502. The highest BCUT2D eigenvalue weighted by atomic mass is 16.5. The molecular weight excluding hydrogens is 206 g/mol. The molecule has 1 unspecified atom stereocenters. The van der Waals surface area contributed by atoms with Gasteiger partial charge in [0.25, 0.3) is 0 Å². The summed E-state index contributed by atoms with van der Waals surface area (Å²) in [5.74, 6) is -0.368. The molecule has 0 spiro atoms. The number of esters is 1. The Kier molecular flexibility index (Phi) is 3.84. The molecule has 1 atom stereocenters. The average molecular weight is 219 g/mol. The van der Waals surface area contributed by atoms with E-state index in [1.54, 1.807) is 32.2 Å². The standard InChI is InChI=1S/C11H13N3O2/c1-8(7-12)6-10-4-5-13-14(10)9(2)11(15)16-3/h4-6,9H,1-3H3/b8-6+. The van der Waals surface area contributed by atoms with Crippen LogP contribution in [0.4, 0.5) is 0 Å². The van der Waals surface area contributed by atoms with E-state index in [-0.39, 0.29) is 5.97 Å². The molecule has 0 amide bonds. The van der Waals surface area contributed by atoms with Crippen LogP contribution in [0.3, 0.4) is 0 Å². The molecular formula is C11H13N3O2. The summed E-state index contributed by atoms with van der Waals surface area (Å²) in [5.41, 5.74) is 1.26. The highest BCUT2D eigenvalue weighted by Gasteiger charge is 2.17. The van der Waals surface area contributed by atoms with E-state index < -0.39 is 6.04 Å². The summed E-state index contributed by atoms with van der Waals surface area (Å²) < 4.78 is 6.16. The Morgan fingerprint density at radius 2 is 2.44 bits per heavy atom. The van der Waals surface area contributed by atoms with E-state index >= 15 is 0 Å². The van der Waals surface area contributed by atoms with E-state index in [1.165, 1.54) is 11.8 Å². The number of rotatable bonds is 3. The Hall–Kier alpha value is -2.09. The zero-order valence-electron chi connectivity index (χ0n) is 9.47. The van der Waals surface area contributed by atoms with Crippen LogP contribution in [0.2, 0.25) is 0 Å². The lowest BCUT2D eigenvalue weighted by Gasteiger charge is -2.11. The molecule has 0 saturated carbocycles. The quantitative estimate of drug-likeness (QED) is 0.571. The van der Waals surface area contributed by atoms with Gasteiger partial charge in [-0.2, -0.15) is 10.4 Å². The van der Waals surface area contributed by atoms with Crippen LogP contribution in [0.1, 0.15) is 25.6 Å². The van der Waals surface area contributed by atoms with Crippen molar-refractivity contribution in [3.63, 3.8) is 0 Å². The summed E-state index contributed by atoms with van der Waals surface area (Å²) in [6.07, 6.45) is 3.25. The Morgan fingerprint density at radius 3 is 3.00 bits per heavy atom. The van der Waals surface area contributed by atoms with Crippen molar-refractivity contribution in [2.75, 3.05) is 7.11 Å². The van der Waals surface area contributed by atoms with E-state index in [0.717, 1.165) is 0 Å². The number of nitriles is 1. The van der Waals surface area contributed by atoms with Crippen LogP contribution >= 0.6 is 0 Å². The van der Waals surface area contributed by atoms with Gasteiger partial charge in [0, 0.05) is 11.8 Å². The fraction of sp³-hybridized carbons (Fsp3) is 0.364. The number of nitrogens with zero attached hydrogens (tertiary/aromatic N) is 3. The Labute approximate surface area is 93.9 Å². The lowest BCUT2D eigenvalue weighted by molar-refractivity contribution is -0.144. The first-order valence-electron chi connectivity index (χ1n) is 4.80. The second-order valence-electron chi connectivity index (χ2n) is 3.34. The fourth-order valence-electron chi connectivity index (χ4n) is 1.29. The molecule has 0 aliphatic heterocycles. The zero-order chi connectivity index (χ0) is 12.1. The van der Waals surface area contributed by atoms with Crippen molar-refractivity contribution in [2.45, 2.75) is 19.9 Å². The lowest BCUT2D eigenvalue weighted by atomic mass is 10.2. The summed E-state index contributed by atoms with van der Waals surface area (Å²) >= 11 is 0. The number of carbonyl (C=O) groups excluding carboxylic acids is 1. The lowest BCUT2D eigenvalue weighted by Crippen LogP contribution is -2.19. The van der Waals surface area contributed by atoms with Crippen LogP contribution < -0.4 is 0 Å². The molecule has 0 fully saturated rings. The third-order valence-corrected chi connectivity index (χ3v) is 2.15. The molecule has 5 heteroatoms. The molecule has 84 valence electrons. The number of hydrogen-bond acceptors (Lipinski definition) is 4. The normalized spacial score (nSPS) is 13.0. The monoisotopic (exact) mass is 219 g/mol. The Balaban J connectivity index is 3.04. The van der Waals surface area contributed by atoms with Gasteiger partial charge in [0.2, 0.25) is 0 Å². The largest absolute Gasteiger partial charge is 0.467 e. The molecule has 0 aromatic carbocycles. The van der Waals surface area contributed by atoms with Crippen molar-refractivity contribution < 1.29 is 9.53 Å². The maximum absolute atomic E-state index is 11.3. The number of allylic oxidation sites excluding steroid dienone is 1. The van der Waals surface area contributed by atoms with Gasteiger partial charge in [0.15, 0.2) is 0 Å². The third-order valence-electron chi connectivity index (χ3n) is 2.15. The molecule has 1 heterocycles. The minimum Gasteiger partial charge on any atom is -0.467 e. The maximum Gasteiger partial charge on any atom is 0.330 e. The van der Waals surface area contributed by atoms with Crippen molar-refractivity contribution >= 4 is 12.0 Å². The maximum atomic E-state index is 11.3. The van der Waals surface area contributed by atoms with Gasteiger partial charge in [0.05, 0.1) is 18.9 Å². The smallest absolute Gasteiger partial charge is 0.330 e. The van der Waals surface area contributed by atoms with Gasteiger partial charge < -0.3 is 4.74 Å². The van der Waals surface area contributed by atoms with Crippen LogP contribution in [0.15, 0.2) is 17.8 Å². The Bertz CT molecular complexity index is 454. The molecule has 0 aliphatic rings. The molecule has 1 aromatic heterocycles. The first kappa shape index (κ1) is 12.0. The van der Waals surface area contributed by atoms with Crippen molar-refractivity contribution in [1.82, 2.24) is 9.78 Å². The summed E-state index contributed by atoms with van der Waals surface area (Å²) in [5, 5.41) is 12.7. The SMILES string of the molecule is COC(=O)C(C)n1nccc1/C=C(\C)C#N. The molecule has 5 nitrogen and oxygen atoms in total. The van der Waals surface area contributed by atoms with Crippen LogP contribution in [0.5, 0.6) is 0 Å². The summed E-state index contributed by atoms with van der Waals surface area (Å²) in [7, 11) is 1.33. The van der Waals surface area contributed by atoms with Crippen LogP contribution in [-0.2, 0) is 9.53 Å². The van der Waals surface area contributed by atoms with Crippen molar-refractivity contribution in [1.29, 1.82) is 5.26 Å². The van der Waals surface area contributed by atoms with Crippen molar-refractivity contribution in [3.8, 4) is 6.07 Å². The number of methoxy groups -OCH3 is 1. The van der Waals surface area contributed by atoms with E-state index in [9.17, 15) is 4.79 Å². The zero-order valence-corrected chi connectivity index (χ0v) is 9.47. The van der Waals surface area contributed by atoms with E-state index in [4.69, 9.17) is 5.26 Å². The number of aromatic nitrogens is 2. The molecule has 1 aromatic rings. The van der Waals surface area contributed by atoms with E-state index in [1.807, 2.05) is 6.07 Å². The van der Waals surface area contributed by atoms with Gasteiger partial charge in [-0.25, -0.2) is 4.79 Å². The molecule has 16 heavy (non-hydrogen) atoms. The van der Waals surface area contributed by atoms with Gasteiger partial charge in [-0.1, -0.05) is 0 Å². The number of hydrogen-bond donors (Lipinski definition) is 0. The van der Waals surface area contributed by atoms with Gasteiger partial charge in [-0.3, -0.25) is 4.68 Å². The second-order valence-corrected chi connectivity index (χ2v) is 3.34. The average Bonchev–Trinajstić information content (AvgIpc) is 2.74.